The molecule has 1 unspecified atom stereocenters. The summed E-state index contributed by atoms with van der Waals surface area (Å²) >= 11 is 0. The maximum Gasteiger partial charge on any atom is 0.352 e. The van der Waals surface area contributed by atoms with E-state index >= 15 is 0 Å². The van der Waals surface area contributed by atoms with Gasteiger partial charge in [0, 0.05) is 25.9 Å². The highest BCUT2D eigenvalue weighted by molar-refractivity contribution is 7.89. The molecule has 20 heavy (non-hydrogen) atoms. The largest absolute Gasteiger partial charge is 0.477 e. The number of nitrogens with zero attached hydrogens (tertiary/aromatic N) is 1. The summed E-state index contributed by atoms with van der Waals surface area (Å²) in [6.45, 7) is 3.98. The van der Waals surface area contributed by atoms with Crippen LogP contribution in [0.5, 0.6) is 0 Å². The monoisotopic (exact) mass is 304 g/mol. The fourth-order valence-corrected chi connectivity index (χ4v) is 2.84. The van der Waals surface area contributed by atoms with E-state index in [1.807, 2.05) is 6.92 Å². The van der Waals surface area contributed by atoms with Crippen LogP contribution in [0.4, 0.5) is 0 Å². The molecule has 1 aromatic rings. The third-order valence-corrected chi connectivity index (χ3v) is 4.19. The zero-order valence-corrected chi connectivity index (χ0v) is 12.4. The number of hydrogen-bond donors (Lipinski definition) is 3. The van der Waals surface area contributed by atoms with Gasteiger partial charge >= 0.3 is 5.97 Å². The molecule has 1 atom stereocenters. The van der Waals surface area contributed by atoms with Crippen molar-refractivity contribution in [3.05, 3.63) is 18.0 Å². The molecule has 0 saturated carbocycles. The van der Waals surface area contributed by atoms with E-state index in [2.05, 4.69) is 4.72 Å². The smallest absolute Gasteiger partial charge is 0.352 e. The molecular formula is C12H20N2O5S. The molecule has 1 aromatic heterocycles. The van der Waals surface area contributed by atoms with E-state index in [0.29, 0.717) is 13.0 Å². The summed E-state index contributed by atoms with van der Waals surface area (Å²) in [5, 5.41) is 17.9. The Morgan fingerprint density at radius 2 is 2.15 bits per heavy atom. The van der Waals surface area contributed by atoms with Crippen LogP contribution in [-0.4, -0.2) is 42.3 Å². The molecule has 8 heteroatoms. The average Bonchev–Trinajstić information content (AvgIpc) is 2.81. The second-order valence-corrected chi connectivity index (χ2v) is 6.47. The fraction of sp³-hybridized carbons (Fsp3) is 0.583. The van der Waals surface area contributed by atoms with Crippen LogP contribution in [0.25, 0.3) is 0 Å². The van der Waals surface area contributed by atoms with Gasteiger partial charge in [-0.3, -0.25) is 0 Å². The quantitative estimate of drug-likeness (QED) is 0.648. The van der Waals surface area contributed by atoms with Crippen LogP contribution >= 0.6 is 0 Å². The van der Waals surface area contributed by atoms with Gasteiger partial charge < -0.3 is 14.8 Å². The van der Waals surface area contributed by atoms with Crippen LogP contribution < -0.4 is 4.72 Å². The minimum atomic E-state index is -3.76. The summed E-state index contributed by atoms with van der Waals surface area (Å²) in [6, 6.07) is 1.14. The Balaban J connectivity index is 3.00. The Bertz CT molecular complexity index is 564. The lowest BCUT2D eigenvalue weighted by molar-refractivity contribution is 0.0685. The minimum Gasteiger partial charge on any atom is -0.477 e. The molecule has 1 rings (SSSR count). The van der Waals surface area contributed by atoms with E-state index in [-0.39, 0.29) is 29.7 Å². The number of carboxylic acids is 1. The second kappa shape index (κ2) is 6.87. The van der Waals surface area contributed by atoms with E-state index < -0.39 is 16.0 Å². The molecular weight excluding hydrogens is 284 g/mol. The number of nitrogens with one attached hydrogen (secondary N) is 1. The van der Waals surface area contributed by atoms with Crippen LogP contribution in [0.2, 0.25) is 0 Å². The van der Waals surface area contributed by atoms with Gasteiger partial charge in [-0.05, 0) is 18.4 Å². The molecule has 0 bridgehead atoms. The maximum atomic E-state index is 12.0. The highest BCUT2D eigenvalue weighted by atomic mass is 32.2. The molecule has 0 aliphatic rings. The number of carboxylic acid groups (broad SMARTS) is 1. The second-order valence-electron chi connectivity index (χ2n) is 4.70. The lowest BCUT2D eigenvalue weighted by atomic mass is 10.2. The zero-order valence-electron chi connectivity index (χ0n) is 11.5. The molecule has 0 spiro atoms. The van der Waals surface area contributed by atoms with Crippen LogP contribution in [-0.2, 0) is 16.6 Å². The lowest BCUT2D eigenvalue weighted by Gasteiger charge is -2.09. The minimum absolute atomic E-state index is 0.0533. The number of aliphatic hydroxyl groups excluding tert-OH is 1. The number of sulfonamides is 1. The Morgan fingerprint density at radius 1 is 1.50 bits per heavy atom. The molecule has 7 nitrogen and oxygen atoms in total. The first-order chi connectivity index (χ1) is 9.31. The van der Waals surface area contributed by atoms with E-state index in [4.69, 9.17) is 10.2 Å². The molecule has 0 aliphatic carbocycles. The molecule has 0 amide bonds. The summed E-state index contributed by atoms with van der Waals surface area (Å²) in [4.78, 5) is 11.0. The molecule has 0 aliphatic heterocycles. The highest BCUT2D eigenvalue weighted by Gasteiger charge is 2.21. The first kappa shape index (κ1) is 16.7. The highest BCUT2D eigenvalue weighted by Crippen LogP contribution is 2.15. The van der Waals surface area contributed by atoms with E-state index in [1.165, 1.54) is 10.8 Å². The Hall–Kier alpha value is -1.38. The summed E-state index contributed by atoms with van der Waals surface area (Å²) in [5.41, 5.74) is -0.0533. The third kappa shape index (κ3) is 4.06. The summed E-state index contributed by atoms with van der Waals surface area (Å²) in [7, 11) is -3.76. The topological polar surface area (TPSA) is 109 Å². The summed E-state index contributed by atoms with van der Waals surface area (Å²) in [5.74, 6) is -1.37. The molecule has 0 fully saturated rings. The fourth-order valence-electron chi connectivity index (χ4n) is 1.64. The van der Waals surface area contributed by atoms with Crippen LogP contribution in [0.15, 0.2) is 17.2 Å². The van der Waals surface area contributed by atoms with Crippen molar-refractivity contribution in [3.8, 4) is 0 Å². The van der Waals surface area contributed by atoms with E-state index in [0.717, 1.165) is 6.07 Å². The van der Waals surface area contributed by atoms with Crippen LogP contribution in [0, 0.1) is 5.92 Å². The van der Waals surface area contributed by atoms with E-state index in [1.54, 1.807) is 6.92 Å². The molecule has 3 N–H and O–H groups in total. The van der Waals surface area contributed by atoms with Crippen molar-refractivity contribution < 1.29 is 23.4 Å². The van der Waals surface area contributed by atoms with Crippen LogP contribution in [0.3, 0.4) is 0 Å². The average molecular weight is 304 g/mol. The van der Waals surface area contributed by atoms with Gasteiger partial charge in [-0.15, -0.1) is 0 Å². The normalized spacial score (nSPS) is 13.3. The van der Waals surface area contributed by atoms with Gasteiger partial charge in [-0.25, -0.2) is 17.9 Å². The molecule has 0 aromatic carbocycles. The van der Waals surface area contributed by atoms with Crippen molar-refractivity contribution in [2.45, 2.75) is 31.7 Å². The lowest BCUT2D eigenvalue weighted by Crippen LogP contribution is -2.29. The number of aromatic carboxylic acids is 1. The number of rotatable bonds is 8. The maximum absolute atomic E-state index is 12.0. The molecule has 1 heterocycles. The Morgan fingerprint density at radius 3 is 2.65 bits per heavy atom. The van der Waals surface area contributed by atoms with Crippen molar-refractivity contribution in [2.24, 2.45) is 5.92 Å². The standard InChI is InChI=1S/C12H20N2O5S/c1-3-4-14-7-10(5-11(14)12(16)17)20(18,19)13-6-9(2)8-15/h5,7,9,13,15H,3-4,6,8H2,1-2H3,(H,16,17). The number of aliphatic hydroxyl groups is 1. The van der Waals surface area contributed by atoms with E-state index in [9.17, 15) is 13.2 Å². The number of carbonyl (C=O) groups is 1. The number of hydrogen-bond acceptors (Lipinski definition) is 4. The first-order valence-electron chi connectivity index (χ1n) is 6.35. The number of aromatic nitrogens is 1. The van der Waals surface area contributed by atoms with Crippen molar-refractivity contribution in [2.75, 3.05) is 13.2 Å². The van der Waals surface area contributed by atoms with Gasteiger partial charge in [-0.1, -0.05) is 13.8 Å². The van der Waals surface area contributed by atoms with Crippen molar-refractivity contribution in [1.82, 2.24) is 9.29 Å². The van der Waals surface area contributed by atoms with Crippen molar-refractivity contribution in [3.63, 3.8) is 0 Å². The van der Waals surface area contributed by atoms with Gasteiger partial charge in [0.1, 0.15) is 10.6 Å². The predicted molar refractivity (Wildman–Crippen MR) is 73.1 cm³/mol. The SMILES string of the molecule is CCCn1cc(S(=O)(=O)NCC(C)CO)cc1C(=O)O. The number of aryl methyl sites for hydroxylation is 1. The molecule has 114 valence electrons. The van der Waals surface area contributed by atoms with Gasteiger partial charge in [0.25, 0.3) is 0 Å². The van der Waals surface area contributed by atoms with Crippen LogP contribution in [0.1, 0.15) is 30.8 Å². The van der Waals surface area contributed by atoms with Crippen molar-refractivity contribution >= 4 is 16.0 Å². The van der Waals surface area contributed by atoms with Crippen molar-refractivity contribution in [1.29, 1.82) is 0 Å². The zero-order chi connectivity index (χ0) is 15.3. The van der Waals surface area contributed by atoms with Gasteiger partial charge in [-0.2, -0.15) is 0 Å². The van der Waals surface area contributed by atoms with Gasteiger partial charge in [0.15, 0.2) is 0 Å². The van der Waals surface area contributed by atoms with Gasteiger partial charge in [0.05, 0.1) is 0 Å². The third-order valence-electron chi connectivity index (χ3n) is 2.80. The first-order valence-corrected chi connectivity index (χ1v) is 7.84. The Kier molecular flexibility index (Phi) is 5.73. The van der Waals surface area contributed by atoms with Gasteiger partial charge in [0.2, 0.25) is 10.0 Å². The molecule has 0 saturated heterocycles. The molecule has 0 radical (unpaired) electrons. The summed E-state index contributed by atoms with van der Waals surface area (Å²) in [6.07, 6.45) is 2.02. The predicted octanol–water partition coefficient (Wildman–Crippen LogP) is 0.503. The Labute approximate surface area is 118 Å². The summed E-state index contributed by atoms with van der Waals surface area (Å²) < 4.78 is 27.9.